The van der Waals surface area contributed by atoms with Gasteiger partial charge in [0.1, 0.15) is 0 Å². The lowest BCUT2D eigenvalue weighted by Gasteiger charge is -2.12. The van der Waals surface area contributed by atoms with Gasteiger partial charge in [-0.1, -0.05) is 11.6 Å². The second kappa shape index (κ2) is 3.50. The van der Waals surface area contributed by atoms with E-state index in [1.807, 2.05) is 6.07 Å². The van der Waals surface area contributed by atoms with Crippen LogP contribution >= 0.6 is 11.6 Å². The number of nitrogens with two attached hydrogens (primary N) is 1. The molecule has 1 fully saturated rings. The summed E-state index contributed by atoms with van der Waals surface area (Å²) in [6.07, 6.45) is 1.36. The Kier molecular flexibility index (Phi) is 2.33. The average Bonchev–Trinajstić information content (AvgIpc) is 2.56. The van der Waals surface area contributed by atoms with E-state index in [-0.39, 0.29) is 11.9 Å². The Labute approximate surface area is 87.2 Å². The minimum absolute atomic E-state index is 0.0264. The Morgan fingerprint density at radius 2 is 2.29 bits per heavy atom. The number of hydrogen-bond donors (Lipinski definition) is 2. The molecule has 0 radical (unpaired) electrons. The number of nitrogen functional groups attached to an aromatic ring is 1. The molecule has 1 aromatic rings. The number of hydrogen-bond acceptors (Lipinski definition) is 2. The smallest absolute Gasteiger partial charge is 0.220 e. The zero-order valence-electron chi connectivity index (χ0n) is 7.59. The second-order valence-corrected chi connectivity index (χ2v) is 3.85. The molecule has 1 heterocycles. The molecule has 3 nitrogen and oxygen atoms in total. The molecule has 1 aromatic carbocycles. The topological polar surface area (TPSA) is 55.1 Å². The van der Waals surface area contributed by atoms with Gasteiger partial charge in [0.05, 0.1) is 6.04 Å². The molecule has 1 saturated heterocycles. The zero-order valence-corrected chi connectivity index (χ0v) is 8.34. The van der Waals surface area contributed by atoms with E-state index < -0.39 is 0 Å². The van der Waals surface area contributed by atoms with Gasteiger partial charge in [0.15, 0.2) is 0 Å². The predicted molar refractivity (Wildman–Crippen MR) is 56.0 cm³/mol. The Balaban J connectivity index is 2.31. The molecule has 1 amide bonds. The predicted octanol–water partition coefficient (Wildman–Crippen LogP) is 1.87. The molecule has 3 N–H and O–H groups in total. The number of carbonyl (C=O) groups is 1. The highest BCUT2D eigenvalue weighted by Crippen LogP contribution is 2.30. The van der Waals surface area contributed by atoms with Gasteiger partial charge >= 0.3 is 0 Å². The third kappa shape index (κ3) is 1.68. The average molecular weight is 211 g/mol. The van der Waals surface area contributed by atoms with Gasteiger partial charge < -0.3 is 11.1 Å². The SMILES string of the molecule is Nc1ccc(Cl)c(C2CCC(=O)N2)c1. The number of carbonyl (C=O) groups excluding carboxylic acids is 1. The lowest BCUT2D eigenvalue weighted by atomic mass is 10.0. The van der Waals surface area contributed by atoms with Gasteiger partial charge in [-0.05, 0) is 30.2 Å². The molecule has 1 atom stereocenters. The molecular weight excluding hydrogens is 200 g/mol. The summed E-state index contributed by atoms with van der Waals surface area (Å²) in [6.45, 7) is 0. The maximum Gasteiger partial charge on any atom is 0.220 e. The largest absolute Gasteiger partial charge is 0.399 e. The minimum atomic E-state index is 0.0264. The summed E-state index contributed by atoms with van der Waals surface area (Å²) in [6, 6.07) is 5.36. The van der Waals surface area contributed by atoms with E-state index in [0.717, 1.165) is 12.0 Å². The van der Waals surface area contributed by atoms with E-state index in [4.69, 9.17) is 17.3 Å². The van der Waals surface area contributed by atoms with Crippen molar-refractivity contribution in [2.45, 2.75) is 18.9 Å². The molecule has 0 aliphatic carbocycles. The molecule has 0 bridgehead atoms. The van der Waals surface area contributed by atoms with Crippen molar-refractivity contribution in [3.8, 4) is 0 Å². The Bertz CT molecular complexity index is 378. The molecule has 0 spiro atoms. The van der Waals surface area contributed by atoms with Crippen LogP contribution in [0.4, 0.5) is 5.69 Å². The van der Waals surface area contributed by atoms with Crippen molar-refractivity contribution in [3.05, 3.63) is 28.8 Å². The van der Waals surface area contributed by atoms with E-state index in [2.05, 4.69) is 5.32 Å². The number of amides is 1. The summed E-state index contributed by atoms with van der Waals surface area (Å²) in [5, 5.41) is 3.52. The zero-order chi connectivity index (χ0) is 10.1. The molecule has 2 rings (SSSR count). The molecule has 4 heteroatoms. The maximum absolute atomic E-state index is 11.0. The van der Waals surface area contributed by atoms with Gasteiger partial charge in [0, 0.05) is 17.1 Å². The van der Waals surface area contributed by atoms with Gasteiger partial charge in [-0.3, -0.25) is 4.79 Å². The summed E-state index contributed by atoms with van der Waals surface area (Å²) in [7, 11) is 0. The summed E-state index contributed by atoms with van der Waals surface area (Å²) >= 11 is 6.02. The number of benzene rings is 1. The highest BCUT2D eigenvalue weighted by molar-refractivity contribution is 6.31. The van der Waals surface area contributed by atoms with Gasteiger partial charge in [-0.25, -0.2) is 0 Å². The summed E-state index contributed by atoms with van der Waals surface area (Å²) in [5.41, 5.74) is 7.24. The van der Waals surface area contributed by atoms with Crippen LogP contribution in [0, 0.1) is 0 Å². The first-order valence-corrected chi connectivity index (χ1v) is 4.89. The van der Waals surface area contributed by atoms with Crippen LogP contribution in [0.3, 0.4) is 0 Å². The summed E-state index contributed by atoms with van der Waals surface area (Å²) in [4.78, 5) is 11.0. The van der Waals surface area contributed by atoms with E-state index in [0.29, 0.717) is 17.1 Å². The summed E-state index contributed by atoms with van der Waals surface area (Å²) in [5.74, 6) is 0.0773. The van der Waals surface area contributed by atoms with Gasteiger partial charge in [0.25, 0.3) is 0 Å². The first-order chi connectivity index (χ1) is 6.66. The van der Waals surface area contributed by atoms with Crippen molar-refractivity contribution in [1.29, 1.82) is 0 Å². The van der Waals surface area contributed by atoms with Crippen LogP contribution < -0.4 is 11.1 Å². The highest BCUT2D eigenvalue weighted by atomic mass is 35.5. The number of rotatable bonds is 1. The lowest BCUT2D eigenvalue weighted by Crippen LogP contribution is -2.18. The number of anilines is 1. The Morgan fingerprint density at radius 1 is 1.50 bits per heavy atom. The third-order valence-electron chi connectivity index (χ3n) is 2.39. The molecule has 1 unspecified atom stereocenters. The van der Waals surface area contributed by atoms with Crippen LogP contribution in [0.2, 0.25) is 5.02 Å². The lowest BCUT2D eigenvalue weighted by molar-refractivity contribution is -0.119. The van der Waals surface area contributed by atoms with Crippen LogP contribution in [-0.4, -0.2) is 5.91 Å². The first kappa shape index (κ1) is 9.34. The standard InChI is InChI=1S/C10H11ClN2O/c11-8-2-1-6(12)5-7(8)9-3-4-10(14)13-9/h1-2,5,9H,3-4,12H2,(H,13,14). The monoisotopic (exact) mass is 210 g/mol. The van der Waals surface area contributed by atoms with Crippen molar-refractivity contribution in [1.82, 2.24) is 5.32 Å². The van der Waals surface area contributed by atoms with Crippen LogP contribution in [0.25, 0.3) is 0 Å². The van der Waals surface area contributed by atoms with E-state index in [1.165, 1.54) is 0 Å². The van der Waals surface area contributed by atoms with E-state index in [1.54, 1.807) is 12.1 Å². The first-order valence-electron chi connectivity index (χ1n) is 4.51. The Hall–Kier alpha value is -1.22. The molecular formula is C10H11ClN2O. The van der Waals surface area contributed by atoms with Gasteiger partial charge in [-0.2, -0.15) is 0 Å². The molecule has 74 valence electrons. The van der Waals surface area contributed by atoms with Gasteiger partial charge in [0.2, 0.25) is 5.91 Å². The van der Waals surface area contributed by atoms with E-state index >= 15 is 0 Å². The van der Waals surface area contributed by atoms with Crippen LogP contribution in [0.1, 0.15) is 24.4 Å². The fraction of sp³-hybridized carbons (Fsp3) is 0.300. The minimum Gasteiger partial charge on any atom is -0.399 e. The molecule has 0 aromatic heterocycles. The fourth-order valence-corrected chi connectivity index (χ4v) is 1.93. The molecule has 1 aliphatic rings. The highest BCUT2D eigenvalue weighted by Gasteiger charge is 2.23. The van der Waals surface area contributed by atoms with E-state index in [9.17, 15) is 4.79 Å². The second-order valence-electron chi connectivity index (χ2n) is 3.44. The van der Waals surface area contributed by atoms with Crippen LogP contribution in [-0.2, 0) is 4.79 Å². The van der Waals surface area contributed by atoms with Gasteiger partial charge in [-0.15, -0.1) is 0 Å². The molecule has 0 saturated carbocycles. The van der Waals surface area contributed by atoms with Crippen LogP contribution in [0.15, 0.2) is 18.2 Å². The summed E-state index contributed by atoms with van der Waals surface area (Å²) < 4.78 is 0. The van der Waals surface area contributed by atoms with Crippen LogP contribution in [0.5, 0.6) is 0 Å². The van der Waals surface area contributed by atoms with Crippen molar-refractivity contribution in [2.75, 3.05) is 5.73 Å². The maximum atomic E-state index is 11.0. The van der Waals surface area contributed by atoms with Crippen molar-refractivity contribution in [3.63, 3.8) is 0 Å². The number of nitrogens with one attached hydrogen (secondary N) is 1. The quantitative estimate of drug-likeness (QED) is 0.696. The van der Waals surface area contributed by atoms with Crippen molar-refractivity contribution in [2.24, 2.45) is 0 Å². The fourth-order valence-electron chi connectivity index (χ4n) is 1.68. The van der Waals surface area contributed by atoms with Crippen molar-refractivity contribution >= 4 is 23.2 Å². The molecule has 14 heavy (non-hydrogen) atoms. The normalized spacial score (nSPS) is 20.9. The Morgan fingerprint density at radius 3 is 2.93 bits per heavy atom. The third-order valence-corrected chi connectivity index (χ3v) is 2.73. The number of halogens is 1. The van der Waals surface area contributed by atoms with Crippen molar-refractivity contribution < 1.29 is 4.79 Å². The molecule has 1 aliphatic heterocycles.